The van der Waals surface area contributed by atoms with Gasteiger partial charge in [-0.3, -0.25) is 14.9 Å². The molecule has 1 aliphatic heterocycles. The Labute approximate surface area is 179 Å². The van der Waals surface area contributed by atoms with Crippen LogP contribution in [0.15, 0.2) is 35.0 Å². The highest BCUT2D eigenvalue weighted by Crippen LogP contribution is 2.29. The fourth-order valence-electron chi connectivity index (χ4n) is 3.09. The maximum absolute atomic E-state index is 12.9. The van der Waals surface area contributed by atoms with Crippen LogP contribution in [0.1, 0.15) is 23.2 Å². The summed E-state index contributed by atoms with van der Waals surface area (Å²) in [5.74, 6) is -0.537. The zero-order valence-electron chi connectivity index (χ0n) is 14.4. The molecule has 2 aromatic heterocycles. The number of carbonyl (C=O) groups is 2. The Morgan fingerprint density at radius 1 is 1.18 bits per heavy atom. The van der Waals surface area contributed by atoms with Crippen LogP contribution < -0.4 is 5.32 Å². The summed E-state index contributed by atoms with van der Waals surface area (Å²) in [5, 5.41) is 16.8. The predicted octanol–water partition coefficient (Wildman–Crippen LogP) is 4.82. The van der Waals surface area contributed by atoms with Gasteiger partial charge in [0, 0.05) is 33.1 Å². The minimum absolute atomic E-state index is 0.265. The highest BCUT2D eigenvalue weighted by molar-refractivity contribution is 7.19. The third kappa shape index (κ3) is 4.05. The van der Waals surface area contributed by atoms with E-state index in [9.17, 15) is 9.59 Å². The van der Waals surface area contributed by atoms with Crippen LogP contribution in [0.25, 0.3) is 10.6 Å². The SMILES string of the molecule is O=C(Nc1nnc(-c2ccsc2)s1)C1CCCN1C(=O)c1cc(Cl)cc(Cl)c1. The molecular weight excluding hydrogens is 439 g/mol. The minimum Gasteiger partial charge on any atom is -0.327 e. The Bertz CT molecular complexity index is 1000. The molecular formula is C18H14Cl2N4O2S2. The molecule has 0 spiro atoms. The molecule has 144 valence electrons. The number of likely N-dealkylation sites (tertiary alicyclic amines) is 1. The highest BCUT2D eigenvalue weighted by atomic mass is 35.5. The molecule has 1 fully saturated rings. The Balaban J connectivity index is 1.48. The van der Waals surface area contributed by atoms with Crippen LogP contribution in [-0.2, 0) is 4.79 Å². The van der Waals surface area contributed by atoms with E-state index in [0.717, 1.165) is 17.0 Å². The monoisotopic (exact) mass is 452 g/mol. The van der Waals surface area contributed by atoms with E-state index in [1.165, 1.54) is 11.3 Å². The van der Waals surface area contributed by atoms with Gasteiger partial charge in [-0.15, -0.1) is 10.2 Å². The van der Waals surface area contributed by atoms with E-state index in [2.05, 4.69) is 15.5 Å². The number of hydrogen-bond donors (Lipinski definition) is 1. The van der Waals surface area contributed by atoms with Crippen LogP contribution in [0, 0.1) is 0 Å². The molecule has 2 amide bonds. The molecule has 0 radical (unpaired) electrons. The van der Waals surface area contributed by atoms with Crippen LogP contribution in [0.4, 0.5) is 5.13 Å². The third-order valence-electron chi connectivity index (χ3n) is 4.35. The van der Waals surface area contributed by atoms with E-state index < -0.39 is 6.04 Å². The molecule has 3 heterocycles. The number of rotatable bonds is 4. The van der Waals surface area contributed by atoms with Crippen molar-refractivity contribution in [1.82, 2.24) is 15.1 Å². The molecule has 1 N–H and O–H groups in total. The average molecular weight is 453 g/mol. The lowest BCUT2D eigenvalue weighted by molar-refractivity contribution is -0.119. The number of hydrogen-bond acceptors (Lipinski definition) is 6. The number of benzene rings is 1. The minimum atomic E-state index is -0.571. The summed E-state index contributed by atoms with van der Waals surface area (Å²) in [6.07, 6.45) is 1.33. The van der Waals surface area contributed by atoms with Crippen molar-refractivity contribution in [2.24, 2.45) is 0 Å². The maximum Gasteiger partial charge on any atom is 0.254 e. The number of aromatic nitrogens is 2. The quantitative estimate of drug-likeness (QED) is 0.615. The summed E-state index contributed by atoms with van der Waals surface area (Å²) < 4.78 is 0. The van der Waals surface area contributed by atoms with Crippen LogP contribution in [-0.4, -0.2) is 39.5 Å². The van der Waals surface area contributed by atoms with Crippen molar-refractivity contribution >= 4 is 62.8 Å². The number of halogens is 2. The molecule has 0 aliphatic carbocycles. The Hall–Kier alpha value is -2.00. The Morgan fingerprint density at radius 3 is 2.68 bits per heavy atom. The first-order valence-electron chi connectivity index (χ1n) is 8.45. The van der Waals surface area contributed by atoms with Gasteiger partial charge >= 0.3 is 0 Å². The predicted molar refractivity (Wildman–Crippen MR) is 112 cm³/mol. The van der Waals surface area contributed by atoms with Crippen LogP contribution in [0.3, 0.4) is 0 Å². The Kier molecular flexibility index (Phi) is 5.63. The van der Waals surface area contributed by atoms with Crippen molar-refractivity contribution in [2.75, 3.05) is 11.9 Å². The first kappa shape index (κ1) is 19.3. The molecule has 1 atom stereocenters. The van der Waals surface area contributed by atoms with E-state index in [1.807, 2.05) is 16.8 Å². The molecule has 1 saturated heterocycles. The van der Waals surface area contributed by atoms with E-state index >= 15 is 0 Å². The van der Waals surface area contributed by atoms with Crippen LogP contribution in [0.5, 0.6) is 0 Å². The van der Waals surface area contributed by atoms with Gasteiger partial charge in [-0.05, 0) is 42.5 Å². The summed E-state index contributed by atoms with van der Waals surface area (Å²) in [7, 11) is 0. The first-order valence-corrected chi connectivity index (χ1v) is 11.0. The average Bonchev–Trinajstić information content (AvgIpc) is 3.40. The molecule has 10 heteroatoms. The lowest BCUT2D eigenvalue weighted by atomic mass is 10.1. The molecule has 1 aliphatic rings. The van der Waals surface area contributed by atoms with Crippen molar-refractivity contribution in [1.29, 1.82) is 0 Å². The van der Waals surface area contributed by atoms with Gasteiger partial charge in [0.2, 0.25) is 11.0 Å². The summed E-state index contributed by atoms with van der Waals surface area (Å²) in [6, 6.07) is 6.06. The summed E-state index contributed by atoms with van der Waals surface area (Å²) >= 11 is 14.9. The summed E-state index contributed by atoms with van der Waals surface area (Å²) in [6.45, 7) is 0.497. The van der Waals surface area contributed by atoms with Crippen LogP contribution >= 0.6 is 45.9 Å². The van der Waals surface area contributed by atoms with Gasteiger partial charge in [-0.2, -0.15) is 11.3 Å². The normalized spacial score (nSPS) is 16.4. The fraction of sp³-hybridized carbons (Fsp3) is 0.222. The molecule has 6 nitrogen and oxygen atoms in total. The molecule has 4 rings (SSSR count). The zero-order valence-corrected chi connectivity index (χ0v) is 17.5. The van der Waals surface area contributed by atoms with Gasteiger partial charge in [0.15, 0.2) is 0 Å². The molecule has 1 aromatic carbocycles. The number of nitrogens with one attached hydrogen (secondary N) is 1. The topological polar surface area (TPSA) is 75.2 Å². The zero-order chi connectivity index (χ0) is 19.7. The van der Waals surface area contributed by atoms with E-state index in [0.29, 0.717) is 33.7 Å². The second-order valence-electron chi connectivity index (χ2n) is 6.23. The maximum atomic E-state index is 12.9. The molecule has 0 bridgehead atoms. The summed E-state index contributed by atoms with van der Waals surface area (Å²) in [4.78, 5) is 27.2. The Morgan fingerprint density at radius 2 is 1.96 bits per heavy atom. The largest absolute Gasteiger partial charge is 0.327 e. The second-order valence-corrected chi connectivity index (χ2v) is 8.86. The molecule has 1 unspecified atom stereocenters. The van der Waals surface area contributed by atoms with Crippen molar-refractivity contribution in [3.63, 3.8) is 0 Å². The molecule has 0 saturated carbocycles. The standard InChI is InChI=1S/C18H14Cl2N4O2S2/c19-12-6-11(7-13(20)8-12)17(26)24-4-1-2-14(24)15(25)21-18-23-22-16(28-18)10-3-5-27-9-10/h3,5-9,14H,1-2,4H2,(H,21,23,25). The van der Waals surface area contributed by atoms with Crippen molar-refractivity contribution in [3.8, 4) is 10.6 Å². The fourth-order valence-corrected chi connectivity index (χ4v) is 5.07. The van der Waals surface area contributed by atoms with E-state index in [1.54, 1.807) is 34.4 Å². The highest BCUT2D eigenvalue weighted by Gasteiger charge is 2.35. The lowest BCUT2D eigenvalue weighted by Gasteiger charge is -2.23. The van der Waals surface area contributed by atoms with Gasteiger partial charge in [0.1, 0.15) is 11.0 Å². The van der Waals surface area contributed by atoms with Gasteiger partial charge in [0.25, 0.3) is 5.91 Å². The van der Waals surface area contributed by atoms with E-state index in [-0.39, 0.29) is 11.8 Å². The first-order chi connectivity index (χ1) is 13.5. The molecule has 28 heavy (non-hydrogen) atoms. The van der Waals surface area contributed by atoms with Gasteiger partial charge in [-0.25, -0.2) is 0 Å². The smallest absolute Gasteiger partial charge is 0.254 e. The number of carbonyl (C=O) groups excluding carboxylic acids is 2. The van der Waals surface area contributed by atoms with Crippen LogP contribution in [0.2, 0.25) is 10.0 Å². The van der Waals surface area contributed by atoms with Crippen molar-refractivity contribution < 1.29 is 9.59 Å². The number of nitrogens with zero attached hydrogens (tertiary/aromatic N) is 3. The molecule has 3 aromatic rings. The van der Waals surface area contributed by atoms with Crippen molar-refractivity contribution in [3.05, 3.63) is 50.6 Å². The number of amides is 2. The third-order valence-corrected chi connectivity index (χ3v) is 6.36. The van der Waals surface area contributed by atoms with Gasteiger partial charge < -0.3 is 4.90 Å². The lowest BCUT2D eigenvalue weighted by Crippen LogP contribution is -2.43. The number of thiophene rings is 1. The van der Waals surface area contributed by atoms with Gasteiger partial charge in [-0.1, -0.05) is 34.5 Å². The number of anilines is 1. The van der Waals surface area contributed by atoms with Gasteiger partial charge in [0.05, 0.1) is 0 Å². The second kappa shape index (κ2) is 8.16. The van der Waals surface area contributed by atoms with E-state index in [4.69, 9.17) is 23.2 Å². The van der Waals surface area contributed by atoms with Crippen molar-refractivity contribution in [2.45, 2.75) is 18.9 Å². The summed E-state index contributed by atoms with van der Waals surface area (Å²) in [5.41, 5.74) is 1.34.